The smallest absolute Gasteiger partial charge is 0.374 e. The number of esters is 1. The van der Waals surface area contributed by atoms with Crippen molar-refractivity contribution in [3.63, 3.8) is 0 Å². The second-order valence-electron chi connectivity index (χ2n) is 5.01. The lowest BCUT2D eigenvalue weighted by Crippen LogP contribution is -2.21. The van der Waals surface area contributed by atoms with Crippen LogP contribution in [0, 0.1) is 0 Å². The Balaban J connectivity index is 1.60. The van der Waals surface area contributed by atoms with Crippen LogP contribution in [0.3, 0.4) is 0 Å². The average Bonchev–Trinajstić information content (AvgIpc) is 3.17. The lowest BCUT2D eigenvalue weighted by Gasteiger charge is -2.10. The van der Waals surface area contributed by atoms with Gasteiger partial charge in [0.15, 0.2) is 6.61 Å². The third-order valence-corrected chi connectivity index (χ3v) is 4.27. The van der Waals surface area contributed by atoms with Gasteiger partial charge in [-0.2, -0.15) is 0 Å². The zero-order valence-corrected chi connectivity index (χ0v) is 14.0. The summed E-state index contributed by atoms with van der Waals surface area (Å²) in [6.07, 6.45) is 1.37. The molecule has 0 fully saturated rings. The normalized spacial score (nSPS) is 10.2. The molecule has 0 saturated carbocycles. The quantitative estimate of drug-likeness (QED) is 0.672. The van der Waals surface area contributed by atoms with Crippen LogP contribution in [0.5, 0.6) is 0 Å². The maximum atomic E-state index is 12.1. The SMILES string of the molecule is O=C(COC(=O)c1ccco1)Nc1ccccc1Sc1ccccc1. The summed E-state index contributed by atoms with van der Waals surface area (Å²) in [5.74, 6) is -1.03. The van der Waals surface area contributed by atoms with Crippen molar-refractivity contribution < 1.29 is 18.7 Å². The van der Waals surface area contributed by atoms with Crippen LogP contribution >= 0.6 is 11.8 Å². The van der Waals surface area contributed by atoms with E-state index >= 15 is 0 Å². The summed E-state index contributed by atoms with van der Waals surface area (Å²) in [5, 5.41) is 2.76. The molecule has 1 amide bonds. The van der Waals surface area contributed by atoms with Gasteiger partial charge in [0.2, 0.25) is 5.76 Å². The Bertz CT molecular complexity index is 847. The van der Waals surface area contributed by atoms with Crippen LogP contribution in [0.25, 0.3) is 0 Å². The minimum atomic E-state index is -0.674. The fourth-order valence-electron chi connectivity index (χ4n) is 2.06. The van der Waals surface area contributed by atoms with Gasteiger partial charge in [0.25, 0.3) is 5.91 Å². The minimum Gasteiger partial charge on any atom is -0.457 e. The third-order valence-electron chi connectivity index (χ3n) is 3.19. The predicted octanol–water partition coefficient (Wildman–Crippen LogP) is 4.23. The first-order valence-corrected chi connectivity index (χ1v) is 8.36. The number of carbonyl (C=O) groups excluding carboxylic acids is 2. The Morgan fingerprint density at radius 1 is 0.960 bits per heavy atom. The van der Waals surface area contributed by atoms with Crippen molar-refractivity contribution in [3.05, 3.63) is 78.8 Å². The van der Waals surface area contributed by atoms with Gasteiger partial charge >= 0.3 is 5.97 Å². The van der Waals surface area contributed by atoms with Crippen LogP contribution in [0.4, 0.5) is 5.69 Å². The maximum absolute atomic E-state index is 12.1. The molecule has 0 spiro atoms. The standard InChI is InChI=1S/C19H15NO4S/c21-18(13-24-19(22)16-10-6-12-23-16)20-15-9-4-5-11-17(15)25-14-7-2-1-3-8-14/h1-12H,13H2,(H,20,21). The van der Waals surface area contributed by atoms with E-state index in [0.29, 0.717) is 5.69 Å². The Morgan fingerprint density at radius 3 is 2.48 bits per heavy atom. The van der Waals surface area contributed by atoms with Gasteiger partial charge in [-0.25, -0.2) is 4.79 Å². The van der Waals surface area contributed by atoms with Crippen LogP contribution in [-0.4, -0.2) is 18.5 Å². The number of anilines is 1. The number of furan rings is 1. The summed E-state index contributed by atoms with van der Waals surface area (Å²) in [7, 11) is 0. The second kappa shape index (κ2) is 8.21. The number of hydrogen-bond donors (Lipinski definition) is 1. The summed E-state index contributed by atoms with van der Waals surface area (Å²) < 4.78 is 9.85. The molecule has 6 heteroatoms. The molecule has 3 rings (SSSR count). The molecule has 3 aromatic rings. The number of ether oxygens (including phenoxy) is 1. The van der Waals surface area contributed by atoms with Crippen LogP contribution in [-0.2, 0) is 9.53 Å². The molecular weight excluding hydrogens is 338 g/mol. The van der Waals surface area contributed by atoms with Gasteiger partial charge in [-0.1, -0.05) is 42.1 Å². The van der Waals surface area contributed by atoms with Crippen LogP contribution in [0.15, 0.2) is 87.2 Å². The van der Waals surface area contributed by atoms with Crippen molar-refractivity contribution in [1.29, 1.82) is 0 Å². The van der Waals surface area contributed by atoms with E-state index < -0.39 is 11.9 Å². The number of rotatable bonds is 6. The number of amides is 1. The number of para-hydroxylation sites is 1. The topological polar surface area (TPSA) is 68.5 Å². The second-order valence-corrected chi connectivity index (χ2v) is 6.13. The highest BCUT2D eigenvalue weighted by Gasteiger charge is 2.13. The molecule has 1 heterocycles. The molecule has 0 aliphatic carbocycles. The maximum Gasteiger partial charge on any atom is 0.374 e. The Kier molecular flexibility index (Phi) is 5.53. The molecule has 25 heavy (non-hydrogen) atoms. The van der Waals surface area contributed by atoms with Gasteiger partial charge in [-0.15, -0.1) is 0 Å². The van der Waals surface area contributed by atoms with Crippen LogP contribution in [0.2, 0.25) is 0 Å². The van der Waals surface area contributed by atoms with Crippen molar-refractivity contribution in [1.82, 2.24) is 0 Å². The Labute approximate surface area is 149 Å². The van der Waals surface area contributed by atoms with E-state index in [9.17, 15) is 9.59 Å². The van der Waals surface area contributed by atoms with Gasteiger partial charge in [-0.3, -0.25) is 4.79 Å². The van der Waals surface area contributed by atoms with E-state index in [1.807, 2.05) is 48.5 Å². The summed E-state index contributed by atoms with van der Waals surface area (Å²) in [5.41, 5.74) is 0.662. The van der Waals surface area contributed by atoms with Crippen molar-refractivity contribution in [2.24, 2.45) is 0 Å². The molecule has 0 aliphatic rings. The molecule has 0 bridgehead atoms. The predicted molar refractivity (Wildman–Crippen MR) is 94.6 cm³/mol. The third kappa shape index (κ3) is 4.74. The van der Waals surface area contributed by atoms with Crippen molar-refractivity contribution >= 4 is 29.3 Å². The lowest BCUT2D eigenvalue weighted by molar-refractivity contribution is -0.119. The number of benzene rings is 2. The molecule has 126 valence electrons. The zero-order valence-electron chi connectivity index (χ0n) is 13.2. The Morgan fingerprint density at radius 2 is 1.72 bits per heavy atom. The fourth-order valence-corrected chi connectivity index (χ4v) is 2.98. The minimum absolute atomic E-state index is 0.0628. The van der Waals surface area contributed by atoms with E-state index in [4.69, 9.17) is 9.15 Å². The highest BCUT2D eigenvalue weighted by Crippen LogP contribution is 2.33. The lowest BCUT2D eigenvalue weighted by atomic mass is 10.3. The summed E-state index contributed by atoms with van der Waals surface area (Å²) in [6.45, 7) is -0.385. The van der Waals surface area contributed by atoms with Gasteiger partial charge < -0.3 is 14.5 Å². The van der Waals surface area contributed by atoms with Gasteiger partial charge in [0, 0.05) is 9.79 Å². The van der Waals surface area contributed by atoms with Crippen molar-refractivity contribution in [2.75, 3.05) is 11.9 Å². The van der Waals surface area contributed by atoms with Gasteiger partial charge in [0.05, 0.1) is 12.0 Å². The molecule has 0 saturated heterocycles. The summed E-state index contributed by atoms with van der Waals surface area (Å²) >= 11 is 1.54. The highest BCUT2D eigenvalue weighted by molar-refractivity contribution is 7.99. The van der Waals surface area contributed by atoms with E-state index in [0.717, 1.165) is 9.79 Å². The zero-order chi connectivity index (χ0) is 17.5. The van der Waals surface area contributed by atoms with Crippen molar-refractivity contribution in [2.45, 2.75) is 9.79 Å². The molecule has 0 radical (unpaired) electrons. The molecule has 0 aliphatic heterocycles. The van der Waals surface area contributed by atoms with Crippen LogP contribution < -0.4 is 5.32 Å². The molecular formula is C19H15NO4S. The molecule has 0 unspecified atom stereocenters. The summed E-state index contributed by atoms with van der Waals surface area (Å²) in [4.78, 5) is 25.7. The Hall–Kier alpha value is -2.99. The first-order chi connectivity index (χ1) is 12.2. The van der Waals surface area contributed by atoms with Crippen molar-refractivity contribution in [3.8, 4) is 0 Å². The van der Waals surface area contributed by atoms with Gasteiger partial charge in [0.1, 0.15) is 0 Å². The van der Waals surface area contributed by atoms with Gasteiger partial charge in [-0.05, 0) is 36.4 Å². The van der Waals surface area contributed by atoms with E-state index in [1.54, 1.807) is 23.9 Å². The molecule has 1 aromatic heterocycles. The first-order valence-electron chi connectivity index (χ1n) is 7.55. The largest absolute Gasteiger partial charge is 0.457 e. The van der Waals surface area contributed by atoms with Crippen LogP contribution in [0.1, 0.15) is 10.6 Å². The number of nitrogens with one attached hydrogen (secondary N) is 1. The monoisotopic (exact) mass is 353 g/mol. The highest BCUT2D eigenvalue weighted by atomic mass is 32.2. The molecule has 0 atom stereocenters. The van der Waals surface area contributed by atoms with E-state index in [-0.39, 0.29) is 12.4 Å². The number of hydrogen-bond acceptors (Lipinski definition) is 5. The fraction of sp³-hybridized carbons (Fsp3) is 0.0526. The first kappa shape index (κ1) is 16.9. The van der Waals surface area contributed by atoms with E-state index in [1.165, 1.54) is 12.3 Å². The van der Waals surface area contributed by atoms with E-state index in [2.05, 4.69) is 5.32 Å². The summed E-state index contributed by atoms with van der Waals surface area (Å²) in [6, 6.07) is 20.4. The molecule has 5 nitrogen and oxygen atoms in total. The average molecular weight is 353 g/mol. The molecule has 1 N–H and O–H groups in total. The number of carbonyl (C=O) groups is 2. The molecule has 2 aromatic carbocycles.